The molecule has 4 N–H and O–H groups in total. The molecule has 0 heterocycles. The van der Waals surface area contributed by atoms with Gasteiger partial charge in [-0.25, -0.2) is 0 Å². The third kappa shape index (κ3) is 1.36. The van der Waals surface area contributed by atoms with Crippen molar-refractivity contribution in [3.8, 4) is 0 Å². The van der Waals surface area contributed by atoms with E-state index in [4.69, 9.17) is 11.5 Å². The molecule has 0 unspecified atom stereocenters. The molecule has 2 aromatic rings. The molecule has 0 spiro atoms. The van der Waals surface area contributed by atoms with Crippen molar-refractivity contribution in [1.82, 2.24) is 0 Å². The lowest BCUT2D eigenvalue weighted by molar-refractivity contribution is 0.0980. The standard InChI is InChI=1S/C16H14N2O2/c1-7-8(2)14(18)12-11(13(7)17)15(19)9-5-3-4-6-10(9)16(12)20/h3-6H,17-18H2,1-2H3. The molecule has 0 radical (unpaired) electrons. The summed E-state index contributed by atoms with van der Waals surface area (Å²) in [4.78, 5) is 25.2. The number of ketones is 2. The highest BCUT2D eigenvalue weighted by atomic mass is 16.1. The summed E-state index contributed by atoms with van der Waals surface area (Å²) in [5, 5.41) is 0. The van der Waals surface area contributed by atoms with Gasteiger partial charge in [-0.1, -0.05) is 24.3 Å². The summed E-state index contributed by atoms with van der Waals surface area (Å²) >= 11 is 0. The van der Waals surface area contributed by atoms with Gasteiger partial charge in [0.2, 0.25) is 0 Å². The highest BCUT2D eigenvalue weighted by molar-refractivity contribution is 6.32. The molecule has 0 amide bonds. The second-order valence-electron chi connectivity index (χ2n) is 5.03. The van der Waals surface area contributed by atoms with Crippen LogP contribution in [0.4, 0.5) is 11.4 Å². The maximum Gasteiger partial charge on any atom is 0.196 e. The zero-order chi connectivity index (χ0) is 14.6. The Morgan fingerprint density at radius 1 is 0.750 bits per heavy atom. The normalized spacial score (nSPS) is 13.1. The molecule has 0 aromatic heterocycles. The van der Waals surface area contributed by atoms with E-state index in [1.54, 1.807) is 38.1 Å². The minimum atomic E-state index is -0.234. The van der Waals surface area contributed by atoms with Gasteiger partial charge in [0.25, 0.3) is 0 Å². The Bertz CT molecular complexity index is 726. The first-order valence-corrected chi connectivity index (χ1v) is 6.31. The van der Waals surface area contributed by atoms with E-state index in [-0.39, 0.29) is 22.7 Å². The molecule has 1 aliphatic carbocycles. The van der Waals surface area contributed by atoms with Crippen molar-refractivity contribution in [3.05, 3.63) is 57.6 Å². The molecule has 0 atom stereocenters. The molecule has 2 aromatic carbocycles. The van der Waals surface area contributed by atoms with Crippen molar-refractivity contribution >= 4 is 22.9 Å². The fourth-order valence-corrected chi connectivity index (χ4v) is 2.67. The molecule has 0 saturated heterocycles. The maximum atomic E-state index is 12.6. The first-order valence-electron chi connectivity index (χ1n) is 6.31. The van der Waals surface area contributed by atoms with Crippen LogP contribution in [0.1, 0.15) is 43.0 Å². The van der Waals surface area contributed by atoms with Gasteiger partial charge in [-0.3, -0.25) is 9.59 Å². The van der Waals surface area contributed by atoms with E-state index in [2.05, 4.69) is 0 Å². The van der Waals surface area contributed by atoms with Crippen molar-refractivity contribution in [2.75, 3.05) is 11.5 Å². The van der Waals surface area contributed by atoms with E-state index in [9.17, 15) is 9.59 Å². The number of carbonyl (C=O) groups excluding carboxylic acids is 2. The topological polar surface area (TPSA) is 86.2 Å². The third-order valence-electron chi connectivity index (χ3n) is 4.03. The van der Waals surface area contributed by atoms with E-state index < -0.39 is 0 Å². The Morgan fingerprint density at radius 2 is 1.10 bits per heavy atom. The largest absolute Gasteiger partial charge is 0.398 e. The van der Waals surface area contributed by atoms with Crippen LogP contribution in [0, 0.1) is 13.8 Å². The first kappa shape index (κ1) is 12.4. The second kappa shape index (κ2) is 3.93. The minimum Gasteiger partial charge on any atom is -0.398 e. The summed E-state index contributed by atoms with van der Waals surface area (Å²) < 4.78 is 0. The minimum absolute atomic E-state index is 0.234. The summed E-state index contributed by atoms with van der Waals surface area (Å²) in [6.07, 6.45) is 0. The van der Waals surface area contributed by atoms with Crippen LogP contribution < -0.4 is 11.5 Å². The lowest BCUT2D eigenvalue weighted by Gasteiger charge is -2.23. The number of hydrogen-bond acceptors (Lipinski definition) is 4. The van der Waals surface area contributed by atoms with Crippen LogP contribution >= 0.6 is 0 Å². The zero-order valence-electron chi connectivity index (χ0n) is 11.3. The van der Waals surface area contributed by atoms with Crippen molar-refractivity contribution in [2.24, 2.45) is 0 Å². The Morgan fingerprint density at radius 3 is 1.45 bits per heavy atom. The predicted octanol–water partition coefficient (Wildman–Crippen LogP) is 2.24. The average molecular weight is 266 g/mol. The zero-order valence-corrected chi connectivity index (χ0v) is 11.3. The molecular formula is C16H14N2O2. The first-order chi connectivity index (χ1) is 9.45. The van der Waals surface area contributed by atoms with E-state index in [1.807, 2.05) is 0 Å². The number of rotatable bonds is 0. The molecule has 0 bridgehead atoms. The van der Waals surface area contributed by atoms with Crippen LogP contribution in [0.15, 0.2) is 24.3 Å². The number of carbonyl (C=O) groups is 2. The third-order valence-corrected chi connectivity index (χ3v) is 4.03. The van der Waals surface area contributed by atoms with Crippen LogP contribution in [-0.2, 0) is 0 Å². The number of benzene rings is 2. The lowest BCUT2D eigenvalue weighted by Crippen LogP contribution is -2.25. The van der Waals surface area contributed by atoms with Gasteiger partial charge >= 0.3 is 0 Å². The summed E-state index contributed by atoms with van der Waals surface area (Å²) in [5.41, 5.74) is 15.6. The summed E-state index contributed by atoms with van der Waals surface area (Å²) in [5.74, 6) is -0.468. The molecule has 0 fully saturated rings. The van der Waals surface area contributed by atoms with E-state index in [0.29, 0.717) is 22.5 Å². The Labute approximate surface area is 116 Å². The molecule has 100 valence electrons. The SMILES string of the molecule is Cc1c(C)c(N)c2c(c1N)C(=O)c1ccccc1C2=O. The van der Waals surface area contributed by atoms with Gasteiger partial charge in [0, 0.05) is 22.5 Å². The maximum absolute atomic E-state index is 12.6. The van der Waals surface area contributed by atoms with Crippen molar-refractivity contribution in [3.63, 3.8) is 0 Å². The van der Waals surface area contributed by atoms with E-state index in [0.717, 1.165) is 11.1 Å². The molecule has 4 heteroatoms. The summed E-state index contributed by atoms with van der Waals surface area (Å²) in [6.45, 7) is 3.61. The van der Waals surface area contributed by atoms with Gasteiger partial charge < -0.3 is 11.5 Å². The Kier molecular flexibility index (Phi) is 2.44. The van der Waals surface area contributed by atoms with Gasteiger partial charge in [-0.15, -0.1) is 0 Å². The number of anilines is 2. The molecule has 20 heavy (non-hydrogen) atoms. The van der Waals surface area contributed by atoms with Crippen LogP contribution in [0.2, 0.25) is 0 Å². The van der Waals surface area contributed by atoms with Gasteiger partial charge in [0.05, 0.1) is 11.1 Å². The van der Waals surface area contributed by atoms with Crippen molar-refractivity contribution in [2.45, 2.75) is 13.8 Å². The van der Waals surface area contributed by atoms with Crippen LogP contribution in [0.25, 0.3) is 0 Å². The van der Waals surface area contributed by atoms with Crippen molar-refractivity contribution < 1.29 is 9.59 Å². The van der Waals surface area contributed by atoms with E-state index in [1.165, 1.54) is 0 Å². The smallest absolute Gasteiger partial charge is 0.196 e. The van der Waals surface area contributed by atoms with Crippen LogP contribution in [0.5, 0.6) is 0 Å². The fraction of sp³-hybridized carbons (Fsp3) is 0.125. The highest BCUT2D eigenvalue weighted by Crippen LogP contribution is 2.38. The second-order valence-corrected chi connectivity index (χ2v) is 5.03. The average Bonchev–Trinajstić information content (AvgIpc) is 2.46. The van der Waals surface area contributed by atoms with Gasteiger partial charge in [0.15, 0.2) is 11.6 Å². The number of hydrogen-bond donors (Lipinski definition) is 2. The fourth-order valence-electron chi connectivity index (χ4n) is 2.67. The quantitative estimate of drug-likeness (QED) is 0.611. The number of nitrogen functional groups attached to an aromatic ring is 2. The molecule has 0 saturated carbocycles. The van der Waals surface area contributed by atoms with Crippen LogP contribution in [0.3, 0.4) is 0 Å². The van der Waals surface area contributed by atoms with E-state index >= 15 is 0 Å². The number of nitrogens with two attached hydrogens (primary N) is 2. The Balaban J connectivity index is 2.46. The monoisotopic (exact) mass is 266 g/mol. The number of fused-ring (bicyclic) bond motifs is 2. The molecular weight excluding hydrogens is 252 g/mol. The Hall–Kier alpha value is -2.62. The van der Waals surface area contributed by atoms with Gasteiger partial charge in [-0.05, 0) is 25.0 Å². The van der Waals surface area contributed by atoms with Crippen molar-refractivity contribution in [1.29, 1.82) is 0 Å². The molecule has 1 aliphatic rings. The highest BCUT2D eigenvalue weighted by Gasteiger charge is 2.34. The van der Waals surface area contributed by atoms with Gasteiger partial charge in [-0.2, -0.15) is 0 Å². The molecule has 4 nitrogen and oxygen atoms in total. The predicted molar refractivity (Wildman–Crippen MR) is 78.0 cm³/mol. The summed E-state index contributed by atoms with van der Waals surface area (Å²) in [6, 6.07) is 6.75. The summed E-state index contributed by atoms with van der Waals surface area (Å²) in [7, 11) is 0. The van der Waals surface area contributed by atoms with Crippen LogP contribution in [-0.4, -0.2) is 11.6 Å². The molecule has 0 aliphatic heterocycles. The van der Waals surface area contributed by atoms with Gasteiger partial charge in [0.1, 0.15) is 0 Å². The lowest BCUT2D eigenvalue weighted by atomic mass is 9.80. The molecule has 3 rings (SSSR count).